The van der Waals surface area contributed by atoms with Crippen molar-refractivity contribution in [3.05, 3.63) is 52.8 Å². The normalized spacial score (nSPS) is 14.8. The van der Waals surface area contributed by atoms with Crippen LogP contribution in [0, 0.1) is 0 Å². The van der Waals surface area contributed by atoms with Crippen LogP contribution >= 0.6 is 11.6 Å². The zero-order valence-corrected chi connectivity index (χ0v) is 11.6. The highest BCUT2D eigenvalue weighted by molar-refractivity contribution is 6.29. The Balaban J connectivity index is 1.67. The first-order valence-electron chi connectivity index (χ1n) is 6.75. The topological polar surface area (TPSA) is 54.5 Å². The summed E-state index contributed by atoms with van der Waals surface area (Å²) in [5, 5.41) is 0.521. The van der Waals surface area contributed by atoms with Gasteiger partial charge in [-0.1, -0.05) is 23.7 Å². The van der Waals surface area contributed by atoms with Crippen LogP contribution in [-0.2, 0) is 6.42 Å². The molecule has 0 amide bonds. The maximum atomic E-state index is 6.09. The van der Waals surface area contributed by atoms with Crippen LogP contribution in [0.1, 0.15) is 36.1 Å². The van der Waals surface area contributed by atoms with E-state index in [1.165, 1.54) is 12.8 Å². The fourth-order valence-corrected chi connectivity index (χ4v) is 2.60. The fraction of sp³-hybridized carbons (Fsp3) is 0.267. The third-order valence-electron chi connectivity index (χ3n) is 3.52. The molecule has 1 aliphatic carbocycles. The van der Waals surface area contributed by atoms with Gasteiger partial charge < -0.3 is 4.98 Å². The third-order valence-corrected chi connectivity index (χ3v) is 3.71. The highest BCUT2D eigenvalue weighted by Gasteiger charge is 2.26. The van der Waals surface area contributed by atoms with Gasteiger partial charge in [-0.3, -0.25) is 0 Å². The smallest absolute Gasteiger partial charge is 0.137 e. The number of hydrogen-bond acceptors (Lipinski definition) is 3. The minimum Gasteiger partial charge on any atom is -0.342 e. The molecule has 1 fully saturated rings. The van der Waals surface area contributed by atoms with Gasteiger partial charge in [-0.15, -0.1) is 0 Å². The molecule has 4 nitrogen and oxygen atoms in total. The summed E-state index contributed by atoms with van der Waals surface area (Å²) in [6, 6.07) is 9.85. The first kappa shape index (κ1) is 11.9. The summed E-state index contributed by atoms with van der Waals surface area (Å²) in [6.45, 7) is 0. The van der Waals surface area contributed by atoms with E-state index in [2.05, 4.69) is 19.9 Å². The number of nitrogens with zero attached hydrogens (tertiary/aromatic N) is 3. The molecule has 0 aliphatic heterocycles. The minimum absolute atomic E-state index is 0.521. The SMILES string of the molecule is Clc1cc(C2CC2)nc(Cc2nc3ccccc3[nH]2)n1. The number of aromatic nitrogens is 4. The second-order valence-corrected chi connectivity index (χ2v) is 5.57. The second kappa shape index (κ2) is 4.56. The van der Waals surface area contributed by atoms with E-state index >= 15 is 0 Å². The molecule has 1 aliphatic rings. The van der Waals surface area contributed by atoms with Crippen molar-refractivity contribution >= 4 is 22.6 Å². The second-order valence-electron chi connectivity index (χ2n) is 5.18. The number of halogens is 1. The van der Waals surface area contributed by atoms with Gasteiger partial charge in [0.15, 0.2) is 0 Å². The Morgan fingerprint density at radius 3 is 2.80 bits per heavy atom. The molecular weight excluding hydrogens is 272 g/mol. The average molecular weight is 285 g/mol. The van der Waals surface area contributed by atoms with Crippen molar-refractivity contribution in [1.29, 1.82) is 0 Å². The molecule has 0 atom stereocenters. The van der Waals surface area contributed by atoms with Gasteiger partial charge in [0.1, 0.15) is 16.8 Å². The van der Waals surface area contributed by atoms with Crippen molar-refractivity contribution < 1.29 is 0 Å². The van der Waals surface area contributed by atoms with Crippen LogP contribution in [0.15, 0.2) is 30.3 Å². The first-order valence-corrected chi connectivity index (χ1v) is 7.13. The number of nitrogens with one attached hydrogen (secondary N) is 1. The summed E-state index contributed by atoms with van der Waals surface area (Å²) in [6.07, 6.45) is 2.99. The minimum atomic E-state index is 0.521. The van der Waals surface area contributed by atoms with E-state index in [9.17, 15) is 0 Å². The number of fused-ring (bicyclic) bond motifs is 1. The molecule has 4 rings (SSSR count). The van der Waals surface area contributed by atoms with Crippen LogP contribution in [0.3, 0.4) is 0 Å². The number of hydrogen-bond donors (Lipinski definition) is 1. The van der Waals surface area contributed by atoms with E-state index < -0.39 is 0 Å². The maximum absolute atomic E-state index is 6.09. The van der Waals surface area contributed by atoms with E-state index in [0.717, 1.165) is 28.4 Å². The Hall–Kier alpha value is -1.94. The predicted octanol–water partition coefficient (Wildman–Crippen LogP) is 3.47. The van der Waals surface area contributed by atoms with Crippen LogP contribution in [0.4, 0.5) is 0 Å². The molecule has 0 saturated heterocycles. The Bertz CT molecular complexity index is 743. The van der Waals surface area contributed by atoms with E-state index in [-0.39, 0.29) is 0 Å². The van der Waals surface area contributed by atoms with Crippen molar-refractivity contribution in [2.24, 2.45) is 0 Å². The molecule has 1 saturated carbocycles. The summed E-state index contributed by atoms with van der Waals surface area (Å²) in [5.41, 5.74) is 3.06. The van der Waals surface area contributed by atoms with Crippen molar-refractivity contribution in [3.8, 4) is 0 Å². The summed E-state index contributed by atoms with van der Waals surface area (Å²) in [4.78, 5) is 16.8. The molecule has 20 heavy (non-hydrogen) atoms. The van der Waals surface area contributed by atoms with Crippen molar-refractivity contribution in [2.45, 2.75) is 25.2 Å². The Morgan fingerprint density at radius 2 is 2.00 bits per heavy atom. The van der Waals surface area contributed by atoms with Gasteiger partial charge >= 0.3 is 0 Å². The lowest BCUT2D eigenvalue weighted by Gasteiger charge is -2.02. The largest absolute Gasteiger partial charge is 0.342 e. The molecule has 2 aromatic heterocycles. The molecule has 2 heterocycles. The van der Waals surface area contributed by atoms with E-state index in [1.54, 1.807) is 0 Å². The van der Waals surface area contributed by atoms with Crippen LogP contribution < -0.4 is 0 Å². The summed E-state index contributed by atoms with van der Waals surface area (Å²) in [5.74, 6) is 2.18. The van der Waals surface area contributed by atoms with Gasteiger partial charge in [0, 0.05) is 11.6 Å². The number of H-pyrrole nitrogens is 1. The van der Waals surface area contributed by atoms with Crippen LogP contribution in [0.25, 0.3) is 11.0 Å². The van der Waals surface area contributed by atoms with Crippen LogP contribution in [-0.4, -0.2) is 19.9 Å². The van der Waals surface area contributed by atoms with Crippen molar-refractivity contribution in [1.82, 2.24) is 19.9 Å². The number of benzene rings is 1. The van der Waals surface area contributed by atoms with Crippen LogP contribution in [0.5, 0.6) is 0 Å². The van der Waals surface area contributed by atoms with Gasteiger partial charge in [0.25, 0.3) is 0 Å². The maximum Gasteiger partial charge on any atom is 0.137 e. The molecule has 0 unspecified atom stereocenters. The van der Waals surface area contributed by atoms with Gasteiger partial charge in [-0.05, 0) is 31.0 Å². The summed E-state index contributed by atoms with van der Waals surface area (Å²) >= 11 is 6.09. The molecule has 0 radical (unpaired) electrons. The molecule has 0 spiro atoms. The molecule has 1 aromatic carbocycles. The van der Waals surface area contributed by atoms with Crippen molar-refractivity contribution in [3.63, 3.8) is 0 Å². The van der Waals surface area contributed by atoms with Gasteiger partial charge in [0.05, 0.1) is 17.5 Å². The number of aromatic amines is 1. The summed E-state index contributed by atoms with van der Waals surface area (Å²) < 4.78 is 0. The van der Waals surface area contributed by atoms with E-state index in [1.807, 2.05) is 30.3 Å². The third kappa shape index (κ3) is 2.27. The average Bonchev–Trinajstić information content (AvgIpc) is 3.19. The van der Waals surface area contributed by atoms with Gasteiger partial charge in [-0.25, -0.2) is 15.0 Å². The number of imidazole rings is 1. The van der Waals surface area contributed by atoms with Crippen molar-refractivity contribution in [2.75, 3.05) is 0 Å². The van der Waals surface area contributed by atoms with E-state index in [4.69, 9.17) is 11.6 Å². The molecule has 3 aromatic rings. The highest BCUT2D eigenvalue weighted by atomic mass is 35.5. The lowest BCUT2D eigenvalue weighted by Crippen LogP contribution is -2.01. The monoisotopic (exact) mass is 284 g/mol. The van der Waals surface area contributed by atoms with Crippen LogP contribution in [0.2, 0.25) is 5.15 Å². The van der Waals surface area contributed by atoms with Gasteiger partial charge in [-0.2, -0.15) is 0 Å². The zero-order valence-electron chi connectivity index (χ0n) is 10.8. The quantitative estimate of drug-likeness (QED) is 0.749. The Labute approximate surface area is 121 Å². The first-order chi connectivity index (χ1) is 9.78. The summed E-state index contributed by atoms with van der Waals surface area (Å²) in [7, 11) is 0. The standard InChI is InChI=1S/C15H13ClN4/c16-13-7-12(9-5-6-9)19-15(20-13)8-14-17-10-3-1-2-4-11(10)18-14/h1-4,7,9H,5-6,8H2,(H,17,18). The fourth-order valence-electron chi connectivity index (χ4n) is 2.39. The number of rotatable bonds is 3. The Morgan fingerprint density at radius 1 is 1.15 bits per heavy atom. The molecular formula is C15H13ClN4. The van der Waals surface area contributed by atoms with Gasteiger partial charge in [0.2, 0.25) is 0 Å². The molecule has 1 N–H and O–H groups in total. The molecule has 100 valence electrons. The highest BCUT2D eigenvalue weighted by Crippen LogP contribution is 2.39. The zero-order chi connectivity index (χ0) is 13.5. The Kier molecular flexibility index (Phi) is 2.70. The lowest BCUT2D eigenvalue weighted by molar-refractivity contribution is 0.873. The predicted molar refractivity (Wildman–Crippen MR) is 77.9 cm³/mol. The lowest BCUT2D eigenvalue weighted by atomic mass is 10.2. The van der Waals surface area contributed by atoms with E-state index in [0.29, 0.717) is 17.5 Å². The molecule has 5 heteroatoms. The molecule has 0 bridgehead atoms. The number of para-hydroxylation sites is 2.